The first kappa shape index (κ1) is 16.9. The Balaban J connectivity index is 1.61. The number of nitriles is 1. The van der Waals surface area contributed by atoms with Crippen molar-refractivity contribution in [1.29, 1.82) is 5.26 Å². The molecule has 3 rings (SSSR count). The van der Waals surface area contributed by atoms with Crippen molar-refractivity contribution < 1.29 is 9.53 Å². The van der Waals surface area contributed by atoms with Gasteiger partial charge in [-0.15, -0.1) is 11.3 Å². The fourth-order valence-corrected chi connectivity index (χ4v) is 3.25. The van der Waals surface area contributed by atoms with E-state index in [1.165, 1.54) is 11.3 Å². The number of nitrogens with one attached hydrogen (secondary N) is 1. The molecule has 2 aromatic rings. The summed E-state index contributed by atoms with van der Waals surface area (Å²) in [6.07, 6.45) is 5.44. The molecule has 25 heavy (non-hydrogen) atoms. The second-order valence-corrected chi connectivity index (χ2v) is 6.48. The van der Waals surface area contributed by atoms with E-state index in [-0.39, 0.29) is 5.91 Å². The van der Waals surface area contributed by atoms with E-state index in [2.05, 4.69) is 16.4 Å². The lowest BCUT2D eigenvalue weighted by molar-refractivity contribution is -0.115. The van der Waals surface area contributed by atoms with E-state index in [0.29, 0.717) is 18.0 Å². The van der Waals surface area contributed by atoms with E-state index in [4.69, 9.17) is 10.00 Å². The zero-order valence-electron chi connectivity index (χ0n) is 13.8. The number of carbonyl (C=O) groups excluding carboxylic acids is 1. The number of rotatable bonds is 5. The van der Waals surface area contributed by atoms with Crippen molar-refractivity contribution in [3.63, 3.8) is 0 Å². The van der Waals surface area contributed by atoms with Crippen molar-refractivity contribution >= 4 is 22.4 Å². The maximum atomic E-state index is 12.2. The number of carbonyl (C=O) groups is 1. The second-order valence-electron chi connectivity index (χ2n) is 5.62. The minimum absolute atomic E-state index is 0.0873. The van der Waals surface area contributed by atoms with Gasteiger partial charge in [0, 0.05) is 22.9 Å². The molecule has 126 valence electrons. The van der Waals surface area contributed by atoms with Crippen LogP contribution in [0.2, 0.25) is 0 Å². The Hall–Kier alpha value is -2.91. The smallest absolute Gasteiger partial charge is 0.230 e. The van der Waals surface area contributed by atoms with Gasteiger partial charge in [0.2, 0.25) is 5.91 Å². The zero-order valence-corrected chi connectivity index (χ0v) is 14.6. The fourth-order valence-electron chi connectivity index (χ4n) is 2.52. The maximum Gasteiger partial charge on any atom is 0.230 e. The van der Waals surface area contributed by atoms with Crippen molar-refractivity contribution in [3.05, 3.63) is 52.9 Å². The molecule has 0 spiro atoms. The monoisotopic (exact) mass is 351 g/mol. The number of methoxy groups -OCH3 is 1. The van der Waals surface area contributed by atoms with Crippen LogP contribution in [0.15, 0.2) is 52.9 Å². The number of hydrogen-bond donors (Lipinski definition) is 1. The van der Waals surface area contributed by atoms with Gasteiger partial charge >= 0.3 is 0 Å². The van der Waals surface area contributed by atoms with Gasteiger partial charge in [-0.3, -0.25) is 4.79 Å². The molecule has 0 saturated carbocycles. The van der Waals surface area contributed by atoms with Crippen LogP contribution in [-0.2, 0) is 4.79 Å². The number of ether oxygens (including phenoxy) is 1. The summed E-state index contributed by atoms with van der Waals surface area (Å²) in [5.41, 5.74) is 3.58. The summed E-state index contributed by atoms with van der Waals surface area (Å²) in [4.78, 5) is 16.6. The predicted molar refractivity (Wildman–Crippen MR) is 98.4 cm³/mol. The average Bonchev–Trinajstić information content (AvgIpc) is 3.10. The number of thiazole rings is 1. The molecule has 1 N–H and O–H groups in total. The molecule has 6 heteroatoms. The summed E-state index contributed by atoms with van der Waals surface area (Å²) < 4.78 is 5.15. The highest BCUT2D eigenvalue weighted by atomic mass is 32.1. The molecule has 1 aliphatic rings. The third-order valence-corrected chi connectivity index (χ3v) is 4.66. The summed E-state index contributed by atoms with van der Waals surface area (Å²) in [5, 5.41) is 14.2. The Morgan fingerprint density at radius 3 is 2.76 bits per heavy atom. The van der Waals surface area contributed by atoms with Gasteiger partial charge in [0.25, 0.3) is 0 Å². The summed E-state index contributed by atoms with van der Waals surface area (Å²) in [6, 6.07) is 9.78. The number of amides is 1. The predicted octanol–water partition coefficient (Wildman–Crippen LogP) is 4.32. The molecule has 0 saturated heterocycles. The number of aromatic nitrogens is 1. The van der Waals surface area contributed by atoms with E-state index in [1.54, 1.807) is 13.2 Å². The van der Waals surface area contributed by atoms with Crippen molar-refractivity contribution in [1.82, 2.24) is 4.98 Å². The lowest BCUT2D eigenvalue weighted by atomic mass is 9.97. The standard InChI is InChI=1S/C19H17N3O2S/c1-24-16-8-6-15(7-9-16)17-12-25-19(21-17)22-18(23)10-13-2-4-14(11-20)5-3-13/h2,4,6-9,12H,3,5,10H2,1H3,(H,21,22,23). The van der Waals surface area contributed by atoms with Crippen LogP contribution in [-0.4, -0.2) is 18.0 Å². The topological polar surface area (TPSA) is 75.0 Å². The van der Waals surface area contributed by atoms with Gasteiger partial charge < -0.3 is 10.1 Å². The van der Waals surface area contributed by atoms with Gasteiger partial charge in [-0.2, -0.15) is 5.26 Å². The highest BCUT2D eigenvalue weighted by Crippen LogP contribution is 2.27. The molecular weight excluding hydrogens is 334 g/mol. The summed E-state index contributed by atoms with van der Waals surface area (Å²) in [7, 11) is 1.63. The molecule has 1 heterocycles. The summed E-state index contributed by atoms with van der Waals surface area (Å²) >= 11 is 1.40. The number of hydrogen-bond acceptors (Lipinski definition) is 5. The van der Waals surface area contributed by atoms with Gasteiger partial charge in [0.1, 0.15) is 5.75 Å². The van der Waals surface area contributed by atoms with Crippen molar-refractivity contribution in [2.45, 2.75) is 19.3 Å². The molecule has 1 amide bonds. The van der Waals surface area contributed by atoms with Gasteiger partial charge in [0.05, 0.1) is 18.9 Å². The first-order valence-electron chi connectivity index (χ1n) is 7.86. The molecule has 0 atom stereocenters. The van der Waals surface area contributed by atoms with E-state index in [9.17, 15) is 4.79 Å². The van der Waals surface area contributed by atoms with Crippen LogP contribution in [0, 0.1) is 11.3 Å². The molecule has 1 aromatic heterocycles. The second kappa shape index (κ2) is 7.77. The normalized spacial score (nSPS) is 13.4. The number of benzene rings is 1. The van der Waals surface area contributed by atoms with Crippen molar-refractivity contribution in [3.8, 4) is 23.1 Å². The zero-order chi connectivity index (χ0) is 17.6. The number of allylic oxidation sites excluding steroid dienone is 3. The van der Waals surface area contributed by atoms with Crippen LogP contribution in [0.4, 0.5) is 5.13 Å². The van der Waals surface area contributed by atoms with Crippen molar-refractivity contribution in [2.24, 2.45) is 0 Å². The van der Waals surface area contributed by atoms with Gasteiger partial charge in [0.15, 0.2) is 5.13 Å². The Kier molecular flexibility index (Phi) is 5.26. The molecule has 0 bridgehead atoms. The SMILES string of the molecule is COc1ccc(-c2csc(NC(=O)CC3=CC=C(C#N)CC3)n2)cc1. The molecule has 0 radical (unpaired) electrons. The van der Waals surface area contributed by atoms with Crippen LogP contribution in [0.5, 0.6) is 5.75 Å². The molecular formula is C19H17N3O2S. The minimum Gasteiger partial charge on any atom is -0.497 e. The van der Waals surface area contributed by atoms with Gasteiger partial charge in [-0.05, 0) is 43.2 Å². The van der Waals surface area contributed by atoms with Crippen LogP contribution in [0.1, 0.15) is 19.3 Å². The molecule has 1 aliphatic carbocycles. The Labute approximate surface area is 150 Å². The van der Waals surface area contributed by atoms with Crippen molar-refractivity contribution in [2.75, 3.05) is 12.4 Å². The molecule has 5 nitrogen and oxygen atoms in total. The molecule has 0 aliphatic heterocycles. The average molecular weight is 351 g/mol. The van der Waals surface area contributed by atoms with Crippen LogP contribution in [0.25, 0.3) is 11.3 Å². The fraction of sp³-hybridized carbons (Fsp3) is 0.211. The quantitative estimate of drug-likeness (QED) is 0.870. The van der Waals surface area contributed by atoms with E-state index >= 15 is 0 Å². The minimum atomic E-state index is -0.0873. The Bertz CT molecular complexity index is 873. The maximum absolute atomic E-state index is 12.2. The summed E-state index contributed by atoms with van der Waals surface area (Å²) in [6.45, 7) is 0. The molecule has 0 fully saturated rings. The number of nitrogens with zero attached hydrogens (tertiary/aromatic N) is 2. The van der Waals surface area contributed by atoms with Crippen LogP contribution >= 0.6 is 11.3 Å². The van der Waals surface area contributed by atoms with Gasteiger partial charge in [-0.25, -0.2) is 4.98 Å². The Morgan fingerprint density at radius 1 is 1.32 bits per heavy atom. The lowest BCUT2D eigenvalue weighted by Gasteiger charge is -2.10. The lowest BCUT2D eigenvalue weighted by Crippen LogP contribution is -2.12. The molecule has 0 unspecified atom stereocenters. The highest BCUT2D eigenvalue weighted by molar-refractivity contribution is 7.14. The van der Waals surface area contributed by atoms with Gasteiger partial charge in [-0.1, -0.05) is 11.6 Å². The third kappa shape index (κ3) is 4.34. The first-order valence-corrected chi connectivity index (χ1v) is 8.74. The highest BCUT2D eigenvalue weighted by Gasteiger charge is 2.12. The summed E-state index contributed by atoms with van der Waals surface area (Å²) in [5.74, 6) is 0.706. The van der Waals surface area contributed by atoms with Crippen LogP contribution in [0.3, 0.4) is 0 Å². The largest absolute Gasteiger partial charge is 0.497 e. The van der Waals surface area contributed by atoms with E-state index < -0.39 is 0 Å². The van der Waals surface area contributed by atoms with E-state index in [0.717, 1.165) is 34.6 Å². The first-order chi connectivity index (χ1) is 12.2. The Morgan fingerprint density at radius 2 is 2.12 bits per heavy atom. The third-order valence-electron chi connectivity index (χ3n) is 3.90. The number of anilines is 1. The van der Waals surface area contributed by atoms with E-state index in [1.807, 2.05) is 35.7 Å². The van der Waals surface area contributed by atoms with Crippen LogP contribution < -0.4 is 10.1 Å². The molecule has 1 aromatic carbocycles.